The zero-order chi connectivity index (χ0) is 13.2. The third-order valence-corrected chi connectivity index (χ3v) is 3.82. The van der Waals surface area contributed by atoms with E-state index in [0.717, 1.165) is 24.2 Å². The van der Waals surface area contributed by atoms with E-state index in [1.807, 2.05) is 18.2 Å². The Labute approximate surface area is 114 Å². The quantitative estimate of drug-likeness (QED) is 0.884. The summed E-state index contributed by atoms with van der Waals surface area (Å²) in [6.45, 7) is 2.16. The second kappa shape index (κ2) is 5.06. The molecule has 1 aliphatic heterocycles. The molecule has 2 N–H and O–H groups in total. The number of nitrogens with two attached hydrogens (primary N) is 1. The molecule has 2 unspecified atom stereocenters. The summed E-state index contributed by atoms with van der Waals surface area (Å²) >= 11 is 0. The summed E-state index contributed by atoms with van der Waals surface area (Å²) in [6.07, 6.45) is 1.97. The lowest BCUT2D eigenvalue weighted by Crippen LogP contribution is -2.24. The van der Waals surface area contributed by atoms with Crippen LogP contribution in [0, 0.1) is 0 Å². The largest absolute Gasteiger partial charge is 0.485 e. The highest BCUT2D eigenvalue weighted by atomic mass is 16.5. The molecule has 0 fully saturated rings. The lowest BCUT2D eigenvalue weighted by molar-refractivity contribution is 0.161. The molecule has 0 saturated heterocycles. The van der Waals surface area contributed by atoms with Gasteiger partial charge in [0, 0.05) is 18.0 Å². The van der Waals surface area contributed by atoms with Crippen molar-refractivity contribution in [2.45, 2.75) is 31.9 Å². The molecule has 1 heterocycles. The van der Waals surface area contributed by atoms with Crippen LogP contribution in [-0.4, -0.2) is 0 Å². The Morgan fingerprint density at radius 2 is 1.84 bits per heavy atom. The third-order valence-electron chi connectivity index (χ3n) is 3.82. The molecule has 0 aromatic heterocycles. The van der Waals surface area contributed by atoms with Gasteiger partial charge in [0.05, 0.1) is 0 Å². The van der Waals surface area contributed by atoms with Crippen LogP contribution < -0.4 is 10.5 Å². The van der Waals surface area contributed by atoms with E-state index in [1.165, 1.54) is 11.1 Å². The SMILES string of the molecule is CCc1ccc(C2CC(N)c3ccccc3O2)cc1. The number of benzene rings is 2. The van der Waals surface area contributed by atoms with Gasteiger partial charge in [0.25, 0.3) is 0 Å². The lowest BCUT2D eigenvalue weighted by atomic mass is 9.93. The molecule has 1 aliphatic rings. The number of aryl methyl sites for hydroxylation is 1. The maximum absolute atomic E-state index is 6.25. The fourth-order valence-electron chi connectivity index (χ4n) is 2.63. The molecule has 2 aromatic rings. The molecule has 19 heavy (non-hydrogen) atoms. The van der Waals surface area contributed by atoms with Gasteiger partial charge >= 0.3 is 0 Å². The van der Waals surface area contributed by atoms with Crippen molar-refractivity contribution < 1.29 is 4.74 Å². The van der Waals surface area contributed by atoms with Gasteiger partial charge in [0.1, 0.15) is 11.9 Å². The lowest BCUT2D eigenvalue weighted by Gasteiger charge is -2.30. The van der Waals surface area contributed by atoms with E-state index < -0.39 is 0 Å². The van der Waals surface area contributed by atoms with Gasteiger partial charge < -0.3 is 10.5 Å². The number of hydrogen-bond acceptors (Lipinski definition) is 2. The molecular formula is C17H19NO. The first-order valence-electron chi connectivity index (χ1n) is 6.88. The number of hydrogen-bond donors (Lipinski definition) is 1. The molecule has 0 saturated carbocycles. The van der Waals surface area contributed by atoms with Crippen LogP contribution in [0.5, 0.6) is 5.75 Å². The highest BCUT2D eigenvalue weighted by Gasteiger charge is 2.26. The number of ether oxygens (including phenoxy) is 1. The topological polar surface area (TPSA) is 35.2 Å². The van der Waals surface area contributed by atoms with Crippen LogP contribution in [0.2, 0.25) is 0 Å². The first kappa shape index (κ1) is 12.2. The van der Waals surface area contributed by atoms with Crippen molar-refractivity contribution in [3.8, 4) is 5.75 Å². The van der Waals surface area contributed by atoms with Gasteiger partial charge in [-0.25, -0.2) is 0 Å². The minimum absolute atomic E-state index is 0.0563. The summed E-state index contributed by atoms with van der Waals surface area (Å²) in [5.41, 5.74) is 9.93. The predicted octanol–water partition coefficient (Wildman–Crippen LogP) is 3.77. The minimum Gasteiger partial charge on any atom is -0.485 e. The van der Waals surface area contributed by atoms with Crippen LogP contribution in [0.25, 0.3) is 0 Å². The van der Waals surface area contributed by atoms with Crippen molar-refractivity contribution in [1.29, 1.82) is 0 Å². The molecule has 2 heteroatoms. The van der Waals surface area contributed by atoms with Crippen LogP contribution in [0.4, 0.5) is 0 Å². The van der Waals surface area contributed by atoms with Crippen LogP contribution in [-0.2, 0) is 6.42 Å². The van der Waals surface area contributed by atoms with Crippen LogP contribution in [0.15, 0.2) is 48.5 Å². The van der Waals surface area contributed by atoms with Gasteiger partial charge in [-0.05, 0) is 23.6 Å². The molecular weight excluding hydrogens is 234 g/mol. The monoisotopic (exact) mass is 253 g/mol. The van der Waals surface area contributed by atoms with Crippen molar-refractivity contribution in [3.05, 3.63) is 65.2 Å². The first-order chi connectivity index (χ1) is 9.28. The summed E-state index contributed by atoms with van der Waals surface area (Å²) in [5, 5.41) is 0. The Morgan fingerprint density at radius 3 is 2.58 bits per heavy atom. The maximum atomic E-state index is 6.25. The van der Waals surface area contributed by atoms with Gasteiger partial charge in [0.2, 0.25) is 0 Å². The van der Waals surface area contributed by atoms with E-state index in [9.17, 15) is 0 Å². The standard InChI is InChI=1S/C17H19NO/c1-2-12-7-9-13(10-8-12)17-11-15(18)14-5-3-4-6-16(14)19-17/h3-10,15,17H,2,11,18H2,1H3. The molecule has 3 rings (SSSR count). The molecule has 0 radical (unpaired) electrons. The van der Waals surface area contributed by atoms with Crippen LogP contribution >= 0.6 is 0 Å². The summed E-state index contributed by atoms with van der Waals surface area (Å²) < 4.78 is 6.08. The van der Waals surface area contributed by atoms with E-state index in [0.29, 0.717) is 0 Å². The van der Waals surface area contributed by atoms with Crippen molar-refractivity contribution in [2.75, 3.05) is 0 Å². The van der Waals surface area contributed by atoms with E-state index in [-0.39, 0.29) is 12.1 Å². The molecule has 0 bridgehead atoms. The Bertz CT molecular complexity index is 562. The van der Waals surface area contributed by atoms with Gasteiger partial charge in [-0.15, -0.1) is 0 Å². The fourth-order valence-corrected chi connectivity index (χ4v) is 2.63. The first-order valence-corrected chi connectivity index (χ1v) is 6.88. The zero-order valence-electron chi connectivity index (χ0n) is 11.2. The predicted molar refractivity (Wildman–Crippen MR) is 77.2 cm³/mol. The highest BCUT2D eigenvalue weighted by molar-refractivity contribution is 5.39. The smallest absolute Gasteiger partial charge is 0.126 e. The van der Waals surface area contributed by atoms with Crippen molar-refractivity contribution >= 4 is 0 Å². The second-order valence-electron chi connectivity index (χ2n) is 5.08. The molecule has 0 aliphatic carbocycles. The van der Waals surface area contributed by atoms with E-state index in [4.69, 9.17) is 10.5 Å². The Hall–Kier alpha value is -1.80. The Kier molecular flexibility index (Phi) is 3.26. The second-order valence-corrected chi connectivity index (χ2v) is 5.08. The average molecular weight is 253 g/mol. The van der Waals surface area contributed by atoms with Gasteiger partial charge in [-0.3, -0.25) is 0 Å². The third kappa shape index (κ3) is 2.36. The molecule has 98 valence electrons. The van der Waals surface area contributed by atoms with E-state index in [1.54, 1.807) is 0 Å². The summed E-state index contributed by atoms with van der Waals surface area (Å²) in [7, 11) is 0. The number of fused-ring (bicyclic) bond motifs is 1. The summed E-state index contributed by atoms with van der Waals surface area (Å²) in [4.78, 5) is 0. The molecule has 2 aromatic carbocycles. The summed E-state index contributed by atoms with van der Waals surface area (Å²) in [6, 6.07) is 16.8. The van der Waals surface area contributed by atoms with Crippen LogP contribution in [0.1, 0.15) is 42.2 Å². The van der Waals surface area contributed by atoms with Gasteiger partial charge in [-0.2, -0.15) is 0 Å². The fraction of sp³-hybridized carbons (Fsp3) is 0.294. The van der Waals surface area contributed by atoms with Crippen molar-refractivity contribution in [1.82, 2.24) is 0 Å². The molecule has 2 nitrogen and oxygen atoms in total. The highest BCUT2D eigenvalue weighted by Crippen LogP contribution is 2.39. The summed E-state index contributed by atoms with van der Waals surface area (Å²) in [5.74, 6) is 0.922. The van der Waals surface area contributed by atoms with Gasteiger partial charge in [0.15, 0.2) is 0 Å². The van der Waals surface area contributed by atoms with Crippen LogP contribution in [0.3, 0.4) is 0 Å². The Morgan fingerprint density at radius 1 is 1.11 bits per heavy atom. The normalized spacial score (nSPS) is 21.6. The molecule has 0 spiro atoms. The van der Waals surface area contributed by atoms with E-state index >= 15 is 0 Å². The maximum Gasteiger partial charge on any atom is 0.126 e. The molecule has 0 amide bonds. The van der Waals surface area contributed by atoms with Gasteiger partial charge in [-0.1, -0.05) is 49.4 Å². The zero-order valence-corrected chi connectivity index (χ0v) is 11.2. The number of rotatable bonds is 2. The van der Waals surface area contributed by atoms with Crippen molar-refractivity contribution in [3.63, 3.8) is 0 Å². The average Bonchev–Trinajstić information content (AvgIpc) is 2.47. The molecule has 2 atom stereocenters. The van der Waals surface area contributed by atoms with Crippen molar-refractivity contribution in [2.24, 2.45) is 5.73 Å². The number of para-hydroxylation sites is 1. The minimum atomic E-state index is 0.0563. The van der Waals surface area contributed by atoms with E-state index in [2.05, 4.69) is 37.3 Å². The Balaban J connectivity index is 1.87.